The van der Waals surface area contributed by atoms with Crippen LogP contribution in [0.5, 0.6) is 0 Å². The predicted octanol–water partition coefficient (Wildman–Crippen LogP) is 0.236. The average molecular weight is 101 g/mol. The van der Waals surface area contributed by atoms with Crippen molar-refractivity contribution < 1.29 is 9.47 Å². The highest BCUT2D eigenvalue weighted by Gasteiger charge is 2.13. The molecular weight excluding hydrogens is 92.1 g/mol. The summed E-state index contributed by atoms with van der Waals surface area (Å²) in [6.07, 6.45) is 2.26. The van der Waals surface area contributed by atoms with Gasteiger partial charge >= 0.3 is 0 Å². The highest BCUT2D eigenvalue weighted by molar-refractivity contribution is 4.81. The molecule has 1 heterocycles. The lowest BCUT2D eigenvalue weighted by Crippen LogP contribution is -2.08. The van der Waals surface area contributed by atoms with Gasteiger partial charge in [-0.1, -0.05) is 0 Å². The molecule has 1 radical (unpaired) electrons. The maximum absolute atomic E-state index is 4.97. The van der Waals surface area contributed by atoms with E-state index in [4.69, 9.17) is 9.47 Å². The topological polar surface area (TPSA) is 18.5 Å². The Balaban J connectivity index is 2.14. The summed E-state index contributed by atoms with van der Waals surface area (Å²) in [6.45, 7) is 1.48. The molecule has 7 heavy (non-hydrogen) atoms. The molecule has 1 aliphatic heterocycles. The molecule has 0 spiro atoms. The Morgan fingerprint density at radius 3 is 3.00 bits per heavy atom. The summed E-state index contributed by atoms with van der Waals surface area (Å²) in [7, 11) is 1.69. The summed E-state index contributed by atoms with van der Waals surface area (Å²) in [5.41, 5.74) is 0. The second kappa shape index (κ2) is 2.28. The van der Waals surface area contributed by atoms with E-state index in [0.29, 0.717) is 0 Å². The van der Waals surface area contributed by atoms with Gasteiger partial charge in [-0.15, -0.1) is 0 Å². The van der Waals surface area contributed by atoms with Crippen LogP contribution in [-0.4, -0.2) is 26.4 Å². The van der Waals surface area contributed by atoms with E-state index in [1.807, 2.05) is 6.42 Å². The normalized spacial score (nSPS) is 31.3. The molecule has 1 fully saturated rings. The highest BCUT2D eigenvalue weighted by atomic mass is 16.5. The fraction of sp³-hybridized carbons (Fsp3) is 0.800. The standard InChI is InChI=1S/C5H9O2/c1-6-5-2-3-7-4-5/h2,5H,3-4H2,1H3. The zero-order valence-corrected chi connectivity index (χ0v) is 4.39. The third-order valence-electron chi connectivity index (χ3n) is 1.06. The summed E-state index contributed by atoms with van der Waals surface area (Å²) < 4.78 is 9.90. The first-order chi connectivity index (χ1) is 3.43. The van der Waals surface area contributed by atoms with E-state index >= 15 is 0 Å². The zero-order chi connectivity index (χ0) is 5.11. The van der Waals surface area contributed by atoms with Crippen LogP contribution in [0.25, 0.3) is 0 Å². The molecule has 0 aromatic rings. The second-order valence-corrected chi connectivity index (χ2v) is 1.55. The van der Waals surface area contributed by atoms with Crippen LogP contribution in [0.4, 0.5) is 0 Å². The van der Waals surface area contributed by atoms with Crippen molar-refractivity contribution in [3.05, 3.63) is 6.42 Å². The number of rotatable bonds is 1. The fourth-order valence-corrected chi connectivity index (χ4v) is 0.592. The van der Waals surface area contributed by atoms with Crippen LogP contribution < -0.4 is 0 Å². The lowest BCUT2D eigenvalue weighted by molar-refractivity contribution is 0.0894. The maximum atomic E-state index is 4.97. The molecule has 0 N–H and O–H groups in total. The summed E-state index contributed by atoms with van der Waals surface area (Å²) in [4.78, 5) is 0. The van der Waals surface area contributed by atoms with Gasteiger partial charge in [0.15, 0.2) is 0 Å². The van der Waals surface area contributed by atoms with E-state index in [1.54, 1.807) is 7.11 Å². The molecule has 41 valence electrons. The summed E-state index contributed by atoms with van der Waals surface area (Å²) in [5.74, 6) is 0. The van der Waals surface area contributed by atoms with Gasteiger partial charge in [0.1, 0.15) is 0 Å². The van der Waals surface area contributed by atoms with Crippen molar-refractivity contribution in [2.24, 2.45) is 0 Å². The molecule has 2 nitrogen and oxygen atoms in total. The second-order valence-electron chi connectivity index (χ2n) is 1.55. The summed E-state index contributed by atoms with van der Waals surface area (Å²) in [6, 6.07) is 0. The van der Waals surface area contributed by atoms with Crippen molar-refractivity contribution in [3.63, 3.8) is 0 Å². The van der Waals surface area contributed by atoms with Crippen LogP contribution >= 0.6 is 0 Å². The summed E-state index contributed by atoms with van der Waals surface area (Å²) >= 11 is 0. The van der Waals surface area contributed by atoms with E-state index in [9.17, 15) is 0 Å². The van der Waals surface area contributed by atoms with Gasteiger partial charge in [-0.25, -0.2) is 0 Å². The molecule has 0 aliphatic carbocycles. The smallest absolute Gasteiger partial charge is 0.0859 e. The fourth-order valence-electron chi connectivity index (χ4n) is 0.592. The van der Waals surface area contributed by atoms with Gasteiger partial charge in [0.2, 0.25) is 0 Å². The average Bonchev–Trinajstić information content (AvgIpc) is 2.14. The molecule has 1 unspecified atom stereocenters. The van der Waals surface area contributed by atoms with E-state index in [0.717, 1.165) is 13.2 Å². The van der Waals surface area contributed by atoms with Crippen molar-refractivity contribution >= 4 is 0 Å². The Hall–Kier alpha value is -0.0800. The van der Waals surface area contributed by atoms with E-state index in [1.165, 1.54) is 0 Å². The molecule has 1 saturated heterocycles. The minimum absolute atomic E-state index is 0.250. The Kier molecular flexibility index (Phi) is 1.65. The molecule has 2 heteroatoms. The molecule has 1 atom stereocenters. The quantitative estimate of drug-likeness (QED) is 0.471. The van der Waals surface area contributed by atoms with Crippen LogP contribution in [-0.2, 0) is 9.47 Å². The SMILES string of the molecule is COC1[CH]COC1. The molecule has 0 amide bonds. The van der Waals surface area contributed by atoms with Crippen molar-refractivity contribution in [1.82, 2.24) is 0 Å². The third kappa shape index (κ3) is 1.14. The molecule has 0 aromatic heterocycles. The lowest BCUT2D eigenvalue weighted by atomic mass is 10.3. The minimum atomic E-state index is 0.250. The van der Waals surface area contributed by atoms with Gasteiger partial charge in [0.25, 0.3) is 0 Å². The van der Waals surface area contributed by atoms with Crippen LogP contribution in [0.2, 0.25) is 0 Å². The van der Waals surface area contributed by atoms with Crippen molar-refractivity contribution in [2.45, 2.75) is 6.10 Å². The zero-order valence-electron chi connectivity index (χ0n) is 4.39. The number of methoxy groups -OCH3 is 1. The highest BCUT2D eigenvalue weighted by Crippen LogP contribution is 2.03. The lowest BCUT2D eigenvalue weighted by Gasteiger charge is -2.00. The van der Waals surface area contributed by atoms with Crippen molar-refractivity contribution in [2.75, 3.05) is 20.3 Å². The van der Waals surface area contributed by atoms with Crippen LogP contribution in [0.15, 0.2) is 0 Å². The van der Waals surface area contributed by atoms with Gasteiger partial charge in [-0.2, -0.15) is 0 Å². The van der Waals surface area contributed by atoms with E-state index < -0.39 is 0 Å². The predicted molar refractivity (Wildman–Crippen MR) is 25.9 cm³/mol. The monoisotopic (exact) mass is 101 g/mol. The minimum Gasteiger partial charge on any atom is -0.379 e. The maximum Gasteiger partial charge on any atom is 0.0859 e. The van der Waals surface area contributed by atoms with Crippen molar-refractivity contribution in [1.29, 1.82) is 0 Å². The van der Waals surface area contributed by atoms with Gasteiger partial charge < -0.3 is 9.47 Å². The van der Waals surface area contributed by atoms with Crippen LogP contribution in [0, 0.1) is 6.42 Å². The van der Waals surface area contributed by atoms with Crippen molar-refractivity contribution in [3.8, 4) is 0 Å². The number of hydrogen-bond acceptors (Lipinski definition) is 2. The molecule has 0 saturated carbocycles. The first kappa shape index (κ1) is 5.06. The molecule has 0 aromatic carbocycles. The van der Waals surface area contributed by atoms with Gasteiger partial charge in [0, 0.05) is 13.5 Å². The van der Waals surface area contributed by atoms with Gasteiger partial charge in [-0.05, 0) is 0 Å². The Morgan fingerprint density at radius 2 is 2.71 bits per heavy atom. The first-order valence-corrected chi connectivity index (χ1v) is 2.37. The van der Waals surface area contributed by atoms with E-state index in [2.05, 4.69) is 0 Å². The van der Waals surface area contributed by atoms with Crippen LogP contribution in [0.3, 0.4) is 0 Å². The molecule has 1 aliphatic rings. The largest absolute Gasteiger partial charge is 0.379 e. The number of hydrogen-bond donors (Lipinski definition) is 0. The summed E-state index contributed by atoms with van der Waals surface area (Å²) in [5, 5.41) is 0. The molecule has 0 bridgehead atoms. The molecule has 1 rings (SSSR count). The van der Waals surface area contributed by atoms with Gasteiger partial charge in [-0.3, -0.25) is 0 Å². The Labute approximate surface area is 43.4 Å². The van der Waals surface area contributed by atoms with Crippen LogP contribution in [0.1, 0.15) is 0 Å². The first-order valence-electron chi connectivity index (χ1n) is 2.37. The van der Waals surface area contributed by atoms with E-state index in [-0.39, 0.29) is 6.10 Å². The molecular formula is C5H9O2. The Bertz CT molecular complexity index is 48.0. The van der Waals surface area contributed by atoms with Gasteiger partial charge in [0.05, 0.1) is 19.3 Å². The Morgan fingerprint density at radius 1 is 1.86 bits per heavy atom. The third-order valence-corrected chi connectivity index (χ3v) is 1.06. The number of ether oxygens (including phenoxy) is 2.